The Morgan fingerprint density at radius 2 is 1.52 bits per heavy atom. The van der Waals surface area contributed by atoms with E-state index in [0.29, 0.717) is 45.4 Å². The van der Waals surface area contributed by atoms with E-state index in [1.54, 1.807) is 12.1 Å². The lowest BCUT2D eigenvalue weighted by molar-refractivity contribution is -0.113. The molecule has 0 spiro atoms. The lowest BCUT2D eigenvalue weighted by Gasteiger charge is -2.12. The van der Waals surface area contributed by atoms with Crippen LogP contribution in [0.5, 0.6) is 0 Å². The van der Waals surface area contributed by atoms with Crippen molar-refractivity contribution in [2.45, 2.75) is 40.5 Å². The Balaban J connectivity index is 1.59. The third-order valence-corrected chi connectivity index (χ3v) is 8.85. The van der Waals surface area contributed by atoms with Crippen LogP contribution in [0.3, 0.4) is 0 Å². The van der Waals surface area contributed by atoms with Crippen LogP contribution in [0.15, 0.2) is 113 Å². The van der Waals surface area contributed by atoms with Gasteiger partial charge in [-0.1, -0.05) is 83.9 Å². The number of carbonyl (C=O) groups is 1. The number of benzene rings is 4. The molecule has 0 aliphatic heterocycles. The Hall–Kier alpha value is -4.38. The molecule has 4 aromatic rings. The number of rotatable bonds is 7. The maximum Gasteiger partial charge on any atom is 0.163 e. The minimum Gasteiger partial charge on any atom is -0.512 e. The second-order valence-corrected chi connectivity index (χ2v) is 12.0. The van der Waals surface area contributed by atoms with Gasteiger partial charge < -0.3 is 16.2 Å². The number of hydrogen-bond acceptors (Lipinski definition) is 4. The number of nitrogens with one attached hydrogen (secondary N) is 1. The molecule has 0 saturated carbocycles. The molecule has 44 heavy (non-hydrogen) atoms. The second kappa shape index (κ2) is 12.7. The van der Waals surface area contributed by atoms with E-state index in [1.165, 1.54) is 13.8 Å². The fourth-order valence-corrected chi connectivity index (χ4v) is 6.52. The molecule has 1 aliphatic carbocycles. The molecule has 5 rings (SSSR count). The largest absolute Gasteiger partial charge is 0.512 e. The molecule has 0 aromatic heterocycles. The van der Waals surface area contributed by atoms with Crippen LogP contribution in [-0.4, -0.2) is 16.6 Å². The van der Waals surface area contributed by atoms with E-state index in [0.717, 1.165) is 55.0 Å². The minimum absolute atomic E-state index is 0.0298. The van der Waals surface area contributed by atoms with Gasteiger partial charge >= 0.3 is 0 Å². The quantitative estimate of drug-likeness (QED) is 0.0830. The molecule has 0 radical (unpaired) electrons. The van der Waals surface area contributed by atoms with Crippen LogP contribution in [0.2, 0.25) is 10.0 Å². The first-order chi connectivity index (χ1) is 21.0. The van der Waals surface area contributed by atoms with Crippen LogP contribution in [0.1, 0.15) is 50.3 Å². The van der Waals surface area contributed by atoms with Gasteiger partial charge in [0.15, 0.2) is 5.78 Å². The summed E-state index contributed by atoms with van der Waals surface area (Å²) >= 11 is 12.9. The molecular formula is C38H34Cl2N2O2. The van der Waals surface area contributed by atoms with Gasteiger partial charge in [-0.15, -0.1) is 0 Å². The van der Waals surface area contributed by atoms with Gasteiger partial charge in [0.2, 0.25) is 0 Å². The molecule has 0 heterocycles. The zero-order valence-electron chi connectivity index (χ0n) is 25.2. The van der Waals surface area contributed by atoms with Crippen molar-refractivity contribution in [1.82, 2.24) is 0 Å². The smallest absolute Gasteiger partial charge is 0.163 e. The number of fused-ring (bicyclic) bond motifs is 2. The van der Waals surface area contributed by atoms with E-state index in [1.807, 2.05) is 86.7 Å². The van der Waals surface area contributed by atoms with Crippen LogP contribution in [0.4, 0.5) is 5.69 Å². The van der Waals surface area contributed by atoms with Gasteiger partial charge in [0.25, 0.3) is 0 Å². The van der Waals surface area contributed by atoms with Gasteiger partial charge in [0.1, 0.15) is 5.76 Å². The number of Topliss-reactive ketones (excluding diaryl/α,β-unsaturated/α-hetero) is 1. The molecule has 0 fully saturated rings. The predicted molar refractivity (Wildman–Crippen MR) is 187 cm³/mol. The normalized spacial score (nSPS) is 15.6. The van der Waals surface area contributed by atoms with Gasteiger partial charge in [0.05, 0.1) is 11.3 Å². The number of aryl methyl sites for hydroxylation is 1. The number of carbonyl (C=O) groups excluding carboxylic acids is 1. The molecule has 4 N–H and O–H groups in total. The standard InChI is InChI=1S/C38H34Cl2N2O2/c1-21(27-7-5-9-29-32(40)18-20-34(42)38(27)29)11-13-25-14-15-26(37(25)36(23(3)43)24(4)44)16-19-33(41)30-10-6-8-28-31(39)17-12-22(2)35(28)30/h5-13,16-20,41,43H,14-15,42H2,1-4H3/b19-16?,21-11-,25-13+,36-23?,41-33?. The molecule has 1 aliphatic rings. The van der Waals surface area contributed by atoms with Gasteiger partial charge in [-0.2, -0.15) is 0 Å². The molecular weight excluding hydrogens is 587 g/mol. The summed E-state index contributed by atoms with van der Waals surface area (Å²) in [5.41, 5.74) is 14.0. The monoisotopic (exact) mass is 620 g/mol. The molecule has 0 bridgehead atoms. The highest BCUT2D eigenvalue weighted by Crippen LogP contribution is 2.40. The number of allylic oxidation sites excluding steroid dienone is 10. The third-order valence-electron chi connectivity index (χ3n) is 8.19. The van der Waals surface area contributed by atoms with Crippen LogP contribution >= 0.6 is 23.2 Å². The zero-order valence-corrected chi connectivity index (χ0v) is 26.7. The van der Waals surface area contributed by atoms with Crippen molar-refractivity contribution in [3.8, 4) is 0 Å². The second-order valence-electron chi connectivity index (χ2n) is 11.2. The van der Waals surface area contributed by atoms with Crippen molar-refractivity contribution in [3.63, 3.8) is 0 Å². The lowest BCUT2D eigenvalue weighted by Crippen LogP contribution is -2.05. The van der Waals surface area contributed by atoms with Crippen molar-refractivity contribution < 1.29 is 9.90 Å². The molecule has 0 amide bonds. The van der Waals surface area contributed by atoms with E-state index >= 15 is 0 Å². The predicted octanol–water partition coefficient (Wildman–Crippen LogP) is 10.7. The Labute approximate surface area is 268 Å². The highest BCUT2D eigenvalue weighted by atomic mass is 35.5. The fourth-order valence-electron chi connectivity index (χ4n) is 6.08. The summed E-state index contributed by atoms with van der Waals surface area (Å²) < 4.78 is 0. The average molecular weight is 622 g/mol. The number of ketones is 1. The van der Waals surface area contributed by atoms with Crippen molar-refractivity contribution in [2.75, 3.05) is 5.73 Å². The molecule has 222 valence electrons. The lowest BCUT2D eigenvalue weighted by atomic mass is 9.92. The number of aliphatic hydroxyl groups excluding tert-OH is 1. The van der Waals surface area contributed by atoms with E-state index < -0.39 is 0 Å². The number of nitrogens with two attached hydrogens (primary N) is 1. The summed E-state index contributed by atoms with van der Waals surface area (Å²) in [4.78, 5) is 12.8. The van der Waals surface area contributed by atoms with E-state index in [-0.39, 0.29) is 11.5 Å². The number of aliphatic hydroxyl groups is 1. The van der Waals surface area contributed by atoms with E-state index in [4.69, 9.17) is 34.3 Å². The molecule has 6 heteroatoms. The first-order valence-electron chi connectivity index (χ1n) is 14.4. The van der Waals surface area contributed by atoms with Crippen molar-refractivity contribution in [3.05, 3.63) is 140 Å². The van der Waals surface area contributed by atoms with Crippen molar-refractivity contribution in [1.29, 1.82) is 5.41 Å². The molecule has 0 atom stereocenters. The van der Waals surface area contributed by atoms with Crippen LogP contribution < -0.4 is 5.73 Å². The van der Waals surface area contributed by atoms with Crippen molar-refractivity contribution >= 4 is 67.5 Å². The Kier molecular flexibility index (Phi) is 8.96. The number of anilines is 1. The maximum atomic E-state index is 12.8. The van der Waals surface area contributed by atoms with Gasteiger partial charge in [0, 0.05) is 37.5 Å². The number of halogens is 2. The molecule has 4 aromatic carbocycles. The zero-order chi connectivity index (χ0) is 31.7. The SMILES string of the molecule is CC(=O)C(=C(C)O)C1=C(C=CC(=N)c2cccc3c(Cl)ccc(C)c23)CC/C1=C\C=C(\C)c1cccc2c(Cl)ccc(N)c12. The maximum absolute atomic E-state index is 12.8. The average Bonchev–Trinajstić information content (AvgIpc) is 3.39. The highest BCUT2D eigenvalue weighted by molar-refractivity contribution is 6.37. The number of nitrogen functional groups attached to an aromatic ring is 1. The summed E-state index contributed by atoms with van der Waals surface area (Å²) in [6.45, 7) is 7.03. The molecule has 4 nitrogen and oxygen atoms in total. The summed E-state index contributed by atoms with van der Waals surface area (Å²) in [5, 5.41) is 24.5. The minimum atomic E-state index is -0.217. The molecule has 0 saturated heterocycles. The first-order valence-corrected chi connectivity index (χ1v) is 15.2. The van der Waals surface area contributed by atoms with Gasteiger partial charge in [-0.05, 0) is 104 Å². The topological polar surface area (TPSA) is 87.2 Å². The molecule has 0 unspecified atom stereocenters. The van der Waals surface area contributed by atoms with E-state index in [2.05, 4.69) is 0 Å². The summed E-state index contributed by atoms with van der Waals surface area (Å²) in [6, 6.07) is 19.2. The third kappa shape index (κ3) is 5.88. The number of hydrogen-bond donors (Lipinski definition) is 3. The highest BCUT2D eigenvalue weighted by Gasteiger charge is 2.25. The van der Waals surface area contributed by atoms with E-state index in [9.17, 15) is 9.90 Å². The van der Waals surface area contributed by atoms with Crippen LogP contribution in [0, 0.1) is 12.3 Å². The summed E-state index contributed by atoms with van der Waals surface area (Å²) in [5.74, 6) is -0.247. The first kappa shape index (κ1) is 31.1. The fraction of sp³-hybridized carbons (Fsp3) is 0.158. The van der Waals surface area contributed by atoms with Crippen molar-refractivity contribution in [2.24, 2.45) is 0 Å². The van der Waals surface area contributed by atoms with Gasteiger partial charge in [-0.3, -0.25) is 4.79 Å². The summed E-state index contributed by atoms with van der Waals surface area (Å²) in [6.07, 6.45) is 9.04. The Bertz CT molecular complexity index is 2020. The van der Waals surface area contributed by atoms with Crippen LogP contribution in [0.25, 0.3) is 27.1 Å². The summed E-state index contributed by atoms with van der Waals surface area (Å²) in [7, 11) is 0. The van der Waals surface area contributed by atoms with Gasteiger partial charge in [-0.25, -0.2) is 0 Å². The Morgan fingerprint density at radius 1 is 0.886 bits per heavy atom. The van der Waals surface area contributed by atoms with Crippen LogP contribution in [-0.2, 0) is 4.79 Å². The Morgan fingerprint density at radius 3 is 2.18 bits per heavy atom.